The van der Waals surface area contributed by atoms with Gasteiger partial charge in [0.25, 0.3) is 0 Å². The van der Waals surface area contributed by atoms with Gasteiger partial charge in [0.1, 0.15) is 0 Å². The van der Waals surface area contributed by atoms with Gasteiger partial charge in [-0.1, -0.05) is 12.8 Å². The summed E-state index contributed by atoms with van der Waals surface area (Å²) in [7, 11) is 0. The van der Waals surface area contributed by atoms with Crippen LogP contribution >= 0.6 is 0 Å². The maximum absolute atomic E-state index is 5.55. The van der Waals surface area contributed by atoms with Crippen LogP contribution in [0.2, 0.25) is 0 Å². The third-order valence-electron chi connectivity index (χ3n) is 3.01. The molecule has 1 saturated carbocycles. The summed E-state index contributed by atoms with van der Waals surface area (Å²) in [5.74, 6) is 0. The third-order valence-corrected chi connectivity index (χ3v) is 3.01. The average Bonchev–Trinajstić information content (AvgIpc) is 2.74. The molecule has 2 rings (SSSR count). The van der Waals surface area contributed by atoms with Crippen LogP contribution in [0.25, 0.3) is 0 Å². The summed E-state index contributed by atoms with van der Waals surface area (Å²) >= 11 is 0. The minimum atomic E-state index is 0.519. The molecule has 1 unspecified atom stereocenters. The smallest absolute Gasteiger partial charge is 0.0700 e. The van der Waals surface area contributed by atoms with Gasteiger partial charge in [-0.3, -0.25) is 0 Å². The molecule has 1 saturated heterocycles. The van der Waals surface area contributed by atoms with Gasteiger partial charge in [-0.05, 0) is 25.7 Å². The fourth-order valence-electron chi connectivity index (χ4n) is 2.23. The largest absolute Gasteiger partial charge is 0.377 e. The van der Waals surface area contributed by atoms with Crippen molar-refractivity contribution in [2.24, 2.45) is 0 Å². The molecule has 0 bridgehead atoms. The highest BCUT2D eigenvalue weighted by atomic mass is 16.5. The SMILES string of the molecule is C1CCC(NCC2CCCO2)C1. The normalized spacial score (nSPS) is 31.5. The van der Waals surface area contributed by atoms with E-state index in [0.717, 1.165) is 19.2 Å². The van der Waals surface area contributed by atoms with Crippen molar-refractivity contribution in [2.45, 2.75) is 50.7 Å². The van der Waals surface area contributed by atoms with Crippen molar-refractivity contribution in [2.75, 3.05) is 13.2 Å². The molecule has 1 aliphatic carbocycles. The van der Waals surface area contributed by atoms with E-state index in [1.807, 2.05) is 0 Å². The second-order valence-electron chi connectivity index (χ2n) is 4.02. The third kappa shape index (κ3) is 2.20. The molecule has 0 aromatic rings. The molecule has 0 amide bonds. The van der Waals surface area contributed by atoms with Crippen LogP contribution < -0.4 is 5.32 Å². The predicted molar refractivity (Wildman–Crippen MR) is 49.2 cm³/mol. The monoisotopic (exact) mass is 169 g/mol. The van der Waals surface area contributed by atoms with E-state index in [0.29, 0.717) is 6.10 Å². The topological polar surface area (TPSA) is 21.3 Å². The molecule has 0 spiro atoms. The highest BCUT2D eigenvalue weighted by molar-refractivity contribution is 4.76. The first-order valence-electron chi connectivity index (χ1n) is 5.30. The summed E-state index contributed by atoms with van der Waals surface area (Å²) in [4.78, 5) is 0. The van der Waals surface area contributed by atoms with Gasteiger partial charge in [0.05, 0.1) is 6.10 Å². The molecule has 2 heteroatoms. The number of nitrogens with one attached hydrogen (secondary N) is 1. The molecule has 2 fully saturated rings. The van der Waals surface area contributed by atoms with Crippen LogP contribution in [-0.2, 0) is 4.74 Å². The molecule has 0 radical (unpaired) electrons. The second kappa shape index (κ2) is 4.24. The molecule has 1 aliphatic heterocycles. The van der Waals surface area contributed by atoms with Crippen LogP contribution in [0.1, 0.15) is 38.5 Å². The Labute approximate surface area is 74.7 Å². The number of ether oxygens (including phenoxy) is 1. The van der Waals surface area contributed by atoms with E-state index in [1.54, 1.807) is 0 Å². The summed E-state index contributed by atoms with van der Waals surface area (Å²) < 4.78 is 5.55. The highest BCUT2D eigenvalue weighted by Crippen LogP contribution is 2.18. The Kier molecular flexibility index (Phi) is 3.01. The van der Waals surface area contributed by atoms with E-state index in [2.05, 4.69) is 5.32 Å². The molecule has 0 aromatic heterocycles. The molecule has 12 heavy (non-hydrogen) atoms. The Morgan fingerprint density at radius 3 is 2.58 bits per heavy atom. The van der Waals surface area contributed by atoms with E-state index < -0.39 is 0 Å². The molecule has 70 valence electrons. The van der Waals surface area contributed by atoms with Crippen molar-refractivity contribution >= 4 is 0 Å². The molecule has 1 atom stereocenters. The van der Waals surface area contributed by atoms with E-state index in [4.69, 9.17) is 4.74 Å². The fraction of sp³-hybridized carbons (Fsp3) is 1.00. The molecule has 2 nitrogen and oxygen atoms in total. The Hall–Kier alpha value is -0.0800. The van der Waals surface area contributed by atoms with Gasteiger partial charge >= 0.3 is 0 Å². The van der Waals surface area contributed by atoms with Gasteiger partial charge in [-0.2, -0.15) is 0 Å². The van der Waals surface area contributed by atoms with Crippen LogP contribution in [0, 0.1) is 0 Å². The van der Waals surface area contributed by atoms with Crippen LogP contribution in [0.4, 0.5) is 0 Å². The number of hydrogen-bond donors (Lipinski definition) is 1. The Morgan fingerprint density at radius 2 is 1.92 bits per heavy atom. The van der Waals surface area contributed by atoms with E-state index in [1.165, 1.54) is 38.5 Å². The Balaban J connectivity index is 1.60. The van der Waals surface area contributed by atoms with Gasteiger partial charge in [0.2, 0.25) is 0 Å². The zero-order valence-electron chi connectivity index (χ0n) is 7.72. The highest BCUT2D eigenvalue weighted by Gasteiger charge is 2.19. The summed E-state index contributed by atoms with van der Waals surface area (Å²) in [5, 5.41) is 3.60. The van der Waals surface area contributed by atoms with Crippen molar-refractivity contribution in [3.05, 3.63) is 0 Å². The second-order valence-corrected chi connectivity index (χ2v) is 4.02. The van der Waals surface area contributed by atoms with Gasteiger partial charge in [-0.25, -0.2) is 0 Å². The standard InChI is InChI=1S/C10H19NO/c1-2-5-9(4-1)11-8-10-6-3-7-12-10/h9-11H,1-8H2. The van der Waals surface area contributed by atoms with Crippen molar-refractivity contribution in [3.63, 3.8) is 0 Å². The first-order chi connectivity index (χ1) is 5.95. The summed E-state index contributed by atoms with van der Waals surface area (Å²) in [6, 6.07) is 0.800. The molecular weight excluding hydrogens is 150 g/mol. The number of hydrogen-bond acceptors (Lipinski definition) is 2. The quantitative estimate of drug-likeness (QED) is 0.694. The Bertz CT molecular complexity index is 110. The van der Waals surface area contributed by atoms with Crippen molar-refractivity contribution in [1.29, 1.82) is 0 Å². The van der Waals surface area contributed by atoms with Crippen molar-refractivity contribution < 1.29 is 4.74 Å². The maximum atomic E-state index is 5.55. The average molecular weight is 169 g/mol. The first kappa shape index (κ1) is 8.52. The van der Waals surface area contributed by atoms with E-state index >= 15 is 0 Å². The zero-order valence-corrected chi connectivity index (χ0v) is 7.72. The van der Waals surface area contributed by atoms with Crippen molar-refractivity contribution in [1.82, 2.24) is 5.32 Å². The van der Waals surface area contributed by atoms with Crippen LogP contribution in [0.15, 0.2) is 0 Å². The molecule has 1 heterocycles. The van der Waals surface area contributed by atoms with Gasteiger partial charge in [0.15, 0.2) is 0 Å². The number of rotatable bonds is 3. The van der Waals surface area contributed by atoms with Crippen LogP contribution in [0.3, 0.4) is 0 Å². The van der Waals surface area contributed by atoms with Crippen LogP contribution in [-0.4, -0.2) is 25.3 Å². The lowest BCUT2D eigenvalue weighted by Gasteiger charge is -2.15. The summed E-state index contributed by atoms with van der Waals surface area (Å²) in [6.07, 6.45) is 8.65. The molecular formula is C10H19NO. The maximum Gasteiger partial charge on any atom is 0.0700 e. The Morgan fingerprint density at radius 1 is 1.08 bits per heavy atom. The first-order valence-corrected chi connectivity index (χ1v) is 5.30. The molecule has 1 N–H and O–H groups in total. The van der Waals surface area contributed by atoms with Gasteiger partial charge in [0, 0.05) is 19.2 Å². The lowest BCUT2D eigenvalue weighted by atomic mass is 10.2. The van der Waals surface area contributed by atoms with E-state index in [9.17, 15) is 0 Å². The van der Waals surface area contributed by atoms with Crippen LogP contribution in [0.5, 0.6) is 0 Å². The lowest BCUT2D eigenvalue weighted by molar-refractivity contribution is 0.107. The minimum absolute atomic E-state index is 0.519. The summed E-state index contributed by atoms with van der Waals surface area (Å²) in [5.41, 5.74) is 0. The van der Waals surface area contributed by atoms with Gasteiger partial charge < -0.3 is 10.1 Å². The van der Waals surface area contributed by atoms with E-state index in [-0.39, 0.29) is 0 Å². The molecule has 2 aliphatic rings. The lowest BCUT2D eigenvalue weighted by Crippen LogP contribution is -2.33. The summed E-state index contributed by atoms with van der Waals surface area (Å²) in [6.45, 7) is 2.07. The minimum Gasteiger partial charge on any atom is -0.377 e. The van der Waals surface area contributed by atoms with Crippen molar-refractivity contribution in [3.8, 4) is 0 Å². The fourth-order valence-corrected chi connectivity index (χ4v) is 2.23. The zero-order chi connectivity index (χ0) is 8.23. The molecule has 0 aromatic carbocycles. The van der Waals surface area contributed by atoms with Gasteiger partial charge in [-0.15, -0.1) is 0 Å². The predicted octanol–water partition coefficient (Wildman–Crippen LogP) is 1.70.